The molecule has 1 fully saturated rings. The van der Waals surface area contributed by atoms with Crippen LogP contribution in [0.1, 0.15) is 48.8 Å². The van der Waals surface area contributed by atoms with Gasteiger partial charge in [0.2, 0.25) is 5.95 Å². The Morgan fingerprint density at radius 1 is 1.43 bits per heavy atom. The van der Waals surface area contributed by atoms with E-state index >= 15 is 0 Å². The number of carbonyl (C=O) groups excluding carboxylic acids is 1. The summed E-state index contributed by atoms with van der Waals surface area (Å²) in [6, 6.07) is 1.08. The van der Waals surface area contributed by atoms with E-state index in [1.165, 1.54) is 23.2 Å². The van der Waals surface area contributed by atoms with Gasteiger partial charge in [0.05, 0.1) is 27.2 Å². The van der Waals surface area contributed by atoms with E-state index in [4.69, 9.17) is 16.3 Å². The van der Waals surface area contributed by atoms with Gasteiger partial charge in [-0.15, -0.1) is 11.3 Å². The van der Waals surface area contributed by atoms with Gasteiger partial charge in [0.1, 0.15) is 11.7 Å². The van der Waals surface area contributed by atoms with Crippen LogP contribution in [-0.2, 0) is 15.1 Å². The quantitative estimate of drug-likeness (QED) is 0.716. The van der Waals surface area contributed by atoms with Crippen molar-refractivity contribution in [2.45, 2.75) is 51.2 Å². The summed E-state index contributed by atoms with van der Waals surface area (Å²) < 4.78 is 5.38. The second-order valence-corrected chi connectivity index (χ2v) is 9.48. The second kappa shape index (κ2) is 7.79. The summed E-state index contributed by atoms with van der Waals surface area (Å²) in [5, 5.41) is 13.1. The topological polar surface area (TPSA) is 105 Å². The van der Waals surface area contributed by atoms with Crippen molar-refractivity contribution in [3.05, 3.63) is 27.7 Å². The third-order valence-electron chi connectivity index (χ3n) is 5.62. The van der Waals surface area contributed by atoms with Gasteiger partial charge in [0.15, 0.2) is 0 Å². The highest BCUT2D eigenvalue weighted by Crippen LogP contribution is 2.47. The molecule has 4 heterocycles. The first-order valence-corrected chi connectivity index (χ1v) is 11.0. The number of amides is 1. The maximum absolute atomic E-state index is 13.0. The van der Waals surface area contributed by atoms with E-state index in [1.54, 1.807) is 12.3 Å². The molecule has 10 heteroatoms. The molecule has 0 aromatic carbocycles. The van der Waals surface area contributed by atoms with E-state index in [2.05, 4.69) is 15.3 Å². The number of aliphatic carboxylic acids is 1. The maximum Gasteiger partial charge on any atom is 0.326 e. The van der Waals surface area contributed by atoms with Crippen LogP contribution >= 0.6 is 22.9 Å². The monoisotopic (exact) mass is 450 g/mol. The van der Waals surface area contributed by atoms with Crippen LogP contribution in [0.5, 0.6) is 0 Å². The highest BCUT2D eigenvalue weighted by Gasteiger charge is 2.48. The normalized spacial score (nSPS) is 19.6. The summed E-state index contributed by atoms with van der Waals surface area (Å²) in [4.78, 5) is 36.4. The number of hydrogen-bond acceptors (Lipinski definition) is 7. The van der Waals surface area contributed by atoms with Crippen LogP contribution in [0.15, 0.2) is 12.3 Å². The van der Waals surface area contributed by atoms with Crippen LogP contribution in [0, 0.1) is 0 Å². The molecule has 0 spiro atoms. The molecule has 2 aromatic rings. The van der Waals surface area contributed by atoms with Crippen molar-refractivity contribution in [1.82, 2.24) is 14.9 Å². The zero-order valence-electron chi connectivity index (χ0n) is 16.9. The zero-order chi connectivity index (χ0) is 21.6. The molecule has 1 atom stereocenters. The molecular formula is C20H23ClN4O4S. The van der Waals surface area contributed by atoms with Gasteiger partial charge in [-0.05, 0) is 39.7 Å². The molecule has 160 valence electrons. The molecule has 2 aliphatic heterocycles. The first-order chi connectivity index (χ1) is 14.2. The lowest BCUT2D eigenvalue weighted by Crippen LogP contribution is -2.48. The molecule has 2 aliphatic rings. The van der Waals surface area contributed by atoms with Gasteiger partial charge in [-0.2, -0.15) is 0 Å². The average molecular weight is 451 g/mol. The third-order valence-corrected chi connectivity index (χ3v) is 7.35. The third kappa shape index (κ3) is 3.55. The number of fused-ring (bicyclic) bond motifs is 1. The fraction of sp³-hybridized carbons (Fsp3) is 0.500. The van der Waals surface area contributed by atoms with Gasteiger partial charge in [-0.3, -0.25) is 4.79 Å². The molecule has 0 aliphatic carbocycles. The lowest BCUT2D eigenvalue weighted by molar-refractivity contribution is -0.143. The molecule has 2 aromatic heterocycles. The van der Waals surface area contributed by atoms with Crippen molar-refractivity contribution in [3.63, 3.8) is 0 Å². The molecule has 2 N–H and O–H groups in total. The van der Waals surface area contributed by atoms with Crippen molar-refractivity contribution in [1.29, 1.82) is 0 Å². The Morgan fingerprint density at radius 2 is 2.13 bits per heavy atom. The minimum atomic E-state index is -1.03. The van der Waals surface area contributed by atoms with Crippen molar-refractivity contribution in [2.24, 2.45) is 0 Å². The summed E-state index contributed by atoms with van der Waals surface area (Å²) in [5.74, 6) is -0.839. The average Bonchev–Trinajstić information content (AvgIpc) is 3.22. The predicted octanol–water partition coefficient (Wildman–Crippen LogP) is 3.61. The molecule has 8 nitrogen and oxygen atoms in total. The summed E-state index contributed by atoms with van der Waals surface area (Å²) in [5.41, 5.74) is 0.319. The van der Waals surface area contributed by atoms with Crippen molar-refractivity contribution in [3.8, 4) is 10.6 Å². The van der Waals surface area contributed by atoms with Gasteiger partial charge in [-0.1, -0.05) is 11.6 Å². The lowest BCUT2D eigenvalue weighted by Gasteiger charge is -2.35. The van der Waals surface area contributed by atoms with E-state index in [1.807, 2.05) is 13.8 Å². The Bertz CT molecular complexity index is 1000. The van der Waals surface area contributed by atoms with Gasteiger partial charge in [0, 0.05) is 24.1 Å². The Morgan fingerprint density at radius 3 is 2.77 bits per heavy atom. The van der Waals surface area contributed by atoms with Crippen LogP contribution in [0.4, 0.5) is 5.95 Å². The number of ether oxygens (including phenoxy) is 1. The molecule has 0 radical (unpaired) electrons. The van der Waals surface area contributed by atoms with Crippen molar-refractivity contribution in [2.75, 3.05) is 18.5 Å². The van der Waals surface area contributed by atoms with Crippen LogP contribution in [0.2, 0.25) is 5.02 Å². The molecule has 0 saturated carbocycles. The number of hydrogen-bond donors (Lipinski definition) is 2. The largest absolute Gasteiger partial charge is 0.480 e. The highest BCUT2D eigenvalue weighted by atomic mass is 35.5. The Kier molecular flexibility index (Phi) is 5.46. The summed E-state index contributed by atoms with van der Waals surface area (Å²) in [6.45, 7) is 6.65. The van der Waals surface area contributed by atoms with E-state index in [9.17, 15) is 14.7 Å². The first kappa shape index (κ1) is 21.0. The van der Waals surface area contributed by atoms with E-state index in [-0.39, 0.29) is 11.9 Å². The molecule has 4 rings (SSSR count). The Balaban J connectivity index is 1.66. The summed E-state index contributed by atoms with van der Waals surface area (Å²) in [6.07, 6.45) is 3.33. The smallest absolute Gasteiger partial charge is 0.326 e. The standard InChI is InChI=1S/C20H23ClN4O4S/c1-10(18(27)28)25-17(26)12-8-14(30-16(12)20(25,2)3)15-13(21)9-22-19(24-15)23-11-4-6-29-7-5-11/h8-11H,4-7H2,1-3H3,(H,27,28)(H,22,23,24). The number of anilines is 1. The van der Waals surface area contributed by atoms with Gasteiger partial charge in [-0.25, -0.2) is 14.8 Å². The molecular weight excluding hydrogens is 428 g/mol. The van der Waals surface area contributed by atoms with Crippen molar-refractivity contribution >= 4 is 40.8 Å². The fourth-order valence-corrected chi connectivity index (χ4v) is 5.52. The number of nitrogens with one attached hydrogen (secondary N) is 1. The number of rotatable bonds is 5. The molecule has 0 bridgehead atoms. The maximum atomic E-state index is 13.0. The summed E-state index contributed by atoms with van der Waals surface area (Å²) >= 11 is 7.79. The Hall–Kier alpha value is -2.23. The minimum absolute atomic E-state index is 0.243. The second-order valence-electron chi connectivity index (χ2n) is 8.02. The molecule has 1 unspecified atom stereocenters. The first-order valence-electron chi connectivity index (χ1n) is 9.78. The SMILES string of the molecule is CC(C(=O)O)N1C(=O)c2cc(-c3nc(NC4CCOCC4)ncc3Cl)sc2C1(C)C. The fourth-order valence-electron chi connectivity index (χ4n) is 4.02. The molecule has 1 saturated heterocycles. The van der Waals surface area contributed by atoms with Crippen LogP contribution in [0.3, 0.4) is 0 Å². The van der Waals surface area contributed by atoms with E-state index < -0.39 is 17.6 Å². The van der Waals surface area contributed by atoms with Crippen LogP contribution < -0.4 is 5.32 Å². The number of halogens is 1. The number of carbonyl (C=O) groups is 2. The van der Waals surface area contributed by atoms with Gasteiger partial charge in [0.25, 0.3) is 5.91 Å². The lowest BCUT2D eigenvalue weighted by atomic mass is 10.0. The van der Waals surface area contributed by atoms with Crippen LogP contribution in [0.25, 0.3) is 10.6 Å². The molecule has 30 heavy (non-hydrogen) atoms. The Labute approximate surface area is 183 Å². The summed E-state index contributed by atoms with van der Waals surface area (Å²) in [7, 11) is 0. The van der Waals surface area contributed by atoms with Crippen molar-refractivity contribution < 1.29 is 19.4 Å². The van der Waals surface area contributed by atoms with E-state index in [0.29, 0.717) is 35.4 Å². The van der Waals surface area contributed by atoms with Crippen LogP contribution in [-0.4, -0.2) is 57.1 Å². The number of thiophene rings is 1. The number of nitrogens with zero attached hydrogens (tertiary/aromatic N) is 3. The number of carboxylic acids is 1. The predicted molar refractivity (Wildman–Crippen MR) is 114 cm³/mol. The number of aromatic nitrogens is 2. The zero-order valence-corrected chi connectivity index (χ0v) is 18.5. The van der Waals surface area contributed by atoms with E-state index in [0.717, 1.165) is 22.6 Å². The van der Waals surface area contributed by atoms with Gasteiger partial charge < -0.3 is 20.1 Å². The minimum Gasteiger partial charge on any atom is -0.480 e. The highest BCUT2D eigenvalue weighted by molar-refractivity contribution is 7.16. The van der Waals surface area contributed by atoms with Gasteiger partial charge >= 0.3 is 5.97 Å². The number of carboxylic acid groups (broad SMARTS) is 1. The molecule has 1 amide bonds.